The van der Waals surface area contributed by atoms with Crippen LogP contribution >= 0.6 is 11.8 Å². The zero-order chi connectivity index (χ0) is 18.1. The molecule has 1 aromatic heterocycles. The lowest BCUT2D eigenvalue weighted by Gasteiger charge is -2.34. The second kappa shape index (κ2) is 7.13. The predicted molar refractivity (Wildman–Crippen MR) is 103 cm³/mol. The summed E-state index contributed by atoms with van der Waals surface area (Å²) in [6.07, 6.45) is 1.61. The number of aliphatic imine (C=N–C) groups is 1. The third-order valence-corrected chi connectivity index (χ3v) is 5.26. The first-order valence-corrected chi connectivity index (χ1v) is 9.80. The van der Waals surface area contributed by atoms with Crippen molar-refractivity contribution in [2.24, 2.45) is 4.99 Å². The maximum Gasteiger partial charge on any atom is 0.257 e. The highest BCUT2D eigenvalue weighted by atomic mass is 32.2. The largest absolute Gasteiger partial charge is 0.378 e. The molecule has 1 N–H and O–H groups in total. The zero-order valence-corrected chi connectivity index (χ0v) is 15.6. The van der Waals surface area contributed by atoms with Gasteiger partial charge in [0.1, 0.15) is 0 Å². The number of morpholine rings is 1. The Kier molecular flexibility index (Phi) is 4.69. The quantitative estimate of drug-likeness (QED) is 0.814. The van der Waals surface area contributed by atoms with Crippen molar-refractivity contribution in [1.82, 2.24) is 14.5 Å². The van der Waals surface area contributed by atoms with Crippen molar-refractivity contribution in [2.45, 2.75) is 18.0 Å². The van der Waals surface area contributed by atoms with Gasteiger partial charge in [-0.2, -0.15) is 0 Å². The lowest BCUT2D eigenvalue weighted by molar-refractivity contribution is 0.0675. The van der Waals surface area contributed by atoms with Crippen LogP contribution in [0.25, 0.3) is 0 Å². The highest BCUT2D eigenvalue weighted by molar-refractivity contribution is 7.98. The molecule has 0 unspecified atom stereocenters. The van der Waals surface area contributed by atoms with Gasteiger partial charge in [0, 0.05) is 29.7 Å². The Morgan fingerprint density at radius 1 is 1.23 bits per heavy atom. The highest BCUT2D eigenvalue weighted by Crippen LogP contribution is 2.27. The molecule has 0 bridgehead atoms. The van der Waals surface area contributed by atoms with E-state index in [1.54, 1.807) is 22.4 Å². The smallest absolute Gasteiger partial charge is 0.257 e. The molecule has 0 aliphatic carbocycles. The van der Waals surface area contributed by atoms with E-state index in [1.165, 1.54) is 4.90 Å². The number of benzene rings is 1. The number of aromatic nitrogens is 2. The summed E-state index contributed by atoms with van der Waals surface area (Å²) >= 11 is 1.69. The summed E-state index contributed by atoms with van der Waals surface area (Å²) in [5.74, 6) is 1.27. The molecule has 136 valence electrons. The minimum absolute atomic E-state index is 0.108. The maximum absolute atomic E-state index is 12.7. The van der Waals surface area contributed by atoms with Gasteiger partial charge >= 0.3 is 0 Å². The Balaban J connectivity index is 1.80. The molecular weight excluding hydrogens is 350 g/mol. The van der Waals surface area contributed by atoms with Crippen molar-refractivity contribution in [2.75, 3.05) is 37.9 Å². The average molecular weight is 371 g/mol. The molecule has 3 heterocycles. The number of thioether (sulfide) groups is 1. The molecule has 1 aromatic carbocycles. The van der Waals surface area contributed by atoms with Crippen LogP contribution in [0.4, 0.5) is 5.95 Å². The van der Waals surface area contributed by atoms with E-state index in [0.29, 0.717) is 24.9 Å². The molecule has 0 spiro atoms. The van der Waals surface area contributed by atoms with Crippen LogP contribution in [0.5, 0.6) is 0 Å². The highest BCUT2D eigenvalue weighted by Gasteiger charge is 2.28. The van der Waals surface area contributed by atoms with Gasteiger partial charge in [-0.25, -0.2) is 9.98 Å². The predicted octanol–water partition coefficient (Wildman–Crippen LogP) is 1.93. The number of rotatable bonds is 2. The van der Waals surface area contributed by atoms with Gasteiger partial charge in [0.25, 0.3) is 5.56 Å². The van der Waals surface area contributed by atoms with Gasteiger partial charge in [0.2, 0.25) is 11.9 Å². The van der Waals surface area contributed by atoms with Gasteiger partial charge in [-0.15, -0.1) is 11.8 Å². The van der Waals surface area contributed by atoms with Crippen LogP contribution in [0.1, 0.15) is 17.4 Å². The van der Waals surface area contributed by atoms with E-state index in [4.69, 9.17) is 9.73 Å². The SMILES string of the molecule is CSc1ccc([C@H]2N=C(N3CCOCC3)Nc3nc(C)cc(=O)n32)cc1. The first-order chi connectivity index (χ1) is 12.7. The van der Waals surface area contributed by atoms with E-state index in [2.05, 4.69) is 27.3 Å². The number of fused-ring (bicyclic) bond motifs is 1. The van der Waals surface area contributed by atoms with Crippen molar-refractivity contribution in [3.8, 4) is 0 Å². The average Bonchev–Trinajstić information content (AvgIpc) is 2.67. The maximum atomic E-state index is 12.7. The van der Waals surface area contributed by atoms with Gasteiger partial charge in [0.05, 0.1) is 13.2 Å². The Morgan fingerprint density at radius 3 is 2.65 bits per heavy atom. The number of nitrogens with zero attached hydrogens (tertiary/aromatic N) is 4. The Hall–Kier alpha value is -2.32. The minimum Gasteiger partial charge on any atom is -0.378 e. The van der Waals surface area contributed by atoms with Crippen molar-refractivity contribution in [3.63, 3.8) is 0 Å². The molecule has 1 saturated heterocycles. The number of guanidine groups is 1. The first kappa shape index (κ1) is 17.1. The van der Waals surface area contributed by atoms with Crippen LogP contribution in [-0.2, 0) is 4.74 Å². The number of nitrogens with one attached hydrogen (secondary N) is 1. The van der Waals surface area contributed by atoms with Crippen molar-refractivity contribution in [1.29, 1.82) is 0 Å². The van der Waals surface area contributed by atoms with Crippen LogP contribution < -0.4 is 10.9 Å². The molecule has 0 radical (unpaired) electrons. The van der Waals surface area contributed by atoms with Gasteiger partial charge in [0.15, 0.2) is 6.17 Å². The zero-order valence-electron chi connectivity index (χ0n) is 14.8. The van der Waals surface area contributed by atoms with E-state index in [1.807, 2.05) is 25.3 Å². The van der Waals surface area contributed by atoms with Crippen LogP contribution in [0.2, 0.25) is 0 Å². The van der Waals surface area contributed by atoms with Gasteiger partial charge < -0.3 is 9.64 Å². The summed E-state index contributed by atoms with van der Waals surface area (Å²) in [5, 5.41) is 3.24. The Morgan fingerprint density at radius 2 is 1.96 bits per heavy atom. The molecule has 0 saturated carbocycles. The summed E-state index contributed by atoms with van der Waals surface area (Å²) in [5.41, 5.74) is 1.54. The Labute approximate surface area is 156 Å². The van der Waals surface area contributed by atoms with Gasteiger partial charge in [-0.1, -0.05) is 12.1 Å². The second-order valence-electron chi connectivity index (χ2n) is 6.25. The summed E-state index contributed by atoms with van der Waals surface area (Å²) in [4.78, 5) is 25.4. The van der Waals surface area contributed by atoms with Crippen LogP contribution in [0.3, 0.4) is 0 Å². The second-order valence-corrected chi connectivity index (χ2v) is 7.13. The minimum atomic E-state index is -0.430. The molecule has 7 nitrogen and oxygen atoms in total. The lowest BCUT2D eigenvalue weighted by Crippen LogP contribution is -2.47. The summed E-state index contributed by atoms with van der Waals surface area (Å²) < 4.78 is 7.05. The molecule has 4 rings (SSSR count). The lowest BCUT2D eigenvalue weighted by atomic mass is 10.1. The number of hydrogen-bond donors (Lipinski definition) is 1. The van der Waals surface area contributed by atoms with Crippen LogP contribution in [-0.4, -0.2) is 53.0 Å². The summed E-state index contributed by atoms with van der Waals surface area (Å²) in [6, 6.07) is 9.71. The molecule has 0 amide bonds. The number of anilines is 1. The van der Waals surface area contributed by atoms with E-state index < -0.39 is 6.17 Å². The van der Waals surface area contributed by atoms with Crippen molar-refractivity contribution >= 4 is 23.7 Å². The van der Waals surface area contributed by atoms with Gasteiger partial charge in [-0.3, -0.25) is 14.7 Å². The van der Waals surface area contributed by atoms with Crippen LogP contribution in [0, 0.1) is 6.92 Å². The third kappa shape index (κ3) is 3.22. The van der Waals surface area contributed by atoms with Crippen LogP contribution in [0.15, 0.2) is 45.0 Å². The summed E-state index contributed by atoms with van der Waals surface area (Å²) in [6.45, 7) is 4.69. The molecule has 2 aliphatic rings. The number of aryl methyl sites for hydroxylation is 1. The van der Waals surface area contributed by atoms with E-state index >= 15 is 0 Å². The van der Waals surface area contributed by atoms with E-state index in [9.17, 15) is 4.79 Å². The normalized spacial score (nSPS) is 19.5. The van der Waals surface area contributed by atoms with E-state index in [-0.39, 0.29) is 5.56 Å². The van der Waals surface area contributed by atoms with E-state index in [0.717, 1.165) is 24.6 Å². The Bertz CT molecular complexity index is 887. The third-order valence-electron chi connectivity index (χ3n) is 4.52. The molecule has 1 fully saturated rings. The molecular formula is C18H21N5O2S. The molecule has 1 atom stereocenters. The monoisotopic (exact) mass is 371 g/mol. The number of ether oxygens (including phenoxy) is 1. The number of hydrogen-bond acceptors (Lipinski definition) is 7. The van der Waals surface area contributed by atoms with Crippen molar-refractivity contribution < 1.29 is 4.74 Å². The fraction of sp³-hybridized carbons (Fsp3) is 0.389. The molecule has 2 aliphatic heterocycles. The molecule has 26 heavy (non-hydrogen) atoms. The standard InChI is InChI=1S/C18H21N5O2S/c1-12-11-15(24)23-16(13-3-5-14(26-2)6-4-13)20-17(21-18(23)19-12)22-7-9-25-10-8-22/h3-6,11,16H,7-10H2,1-2H3,(H,19,20,21)/t16-/m0/s1. The van der Waals surface area contributed by atoms with Crippen molar-refractivity contribution in [3.05, 3.63) is 51.9 Å². The fourth-order valence-electron chi connectivity index (χ4n) is 3.17. The summed E-state index contributed by atoms with van der Waals surface area (Å²) in [7, 11) is 0. The molecule has 2 aromatic rings. The van der Waals surface area contributed by atoms with Gasteiger partial charge in [-0.05, 0) is 30.9 Å². The first-order valence-electron chi connectivity index (χ1n) is 8.57. The topological polar surface area (TPSA) is 71.8 Å². The molecule has 8 heteroatoms. The fourth-order valence-corrected chi connectivity index (χ4v) is 3.58.